The first-order valence-electron chi connectivity index (χ1n) is 7.22. The maximum absolute atomic E-state index is 10.0. The summed E-state index contributed by atoms with van der Waals surface area (Å²) in [5, 5.41) is 14.2. The highest BCUT2D eigenvalue weighted by atomic mass is 16.7. The topological polar surface area (TPSA) is 41.9 Å². The van der Waals surface area contributed by atoms with Crippen LogP contribution in [-0.2, 0) is 0 Å². The third kappa shape index (κ3) is 1.52. The zero-order chi connectivity index (χ0) is 14.7. The Labute approximate surface area is 126 Å². The Hall–Kier alpha value is -2.88. The Bertz CT molecular complexity index is 1050. The molecule has 2 aromatic rings. The Morgan fingerprint density at radius 3 is 2.82 bits per heavy atom. The van der Waals surface area contributed by atoms with Gasteiger partial charge in [0, 0.05) is 28.9 Å². The standard InChI is InChI=1S/C18H13NO3/c20-16-3-1-2-11-6-15-13-8-18-17(21-10-22-18)7-12(13)4-5-19(15)9-14(11)16/h1-4,6-9,20H,5,10H2. The maximum atomic E-state index is 10.0. The van der Waals surface area contributed by atoms with E-state index in [1.54, 1.807) is 6.07 Å². The molecule has 3 heterocycles. The molecule has 4 heteroatoms. The van der Waals surface area contributed by atoms with Crippen molar-refractivity contribution in [2.75, 3.05) is 13.3 Å². The molecule has 0 saturated heterocycles. The average Bonchev–Trinajstić information content (AvgIpc) is 2.99. The van der Waals surface area contributed by atoms with Gasteiger partial charge in [-0.15, -0.1) is 0 Å². The summed E-state index contributed by atoms with van der Waals surface area (Å²) in [4.78, 5) is 2.15. The van der Waals surface area contributed by atoms with Crippen molar-refractivity contribution < 1.29 is 14.6 Å². The van der Waals surface area contributed by atoms with E-state index in [9.17, 15) is 5.11 Å². The van der Waals surface area contributed by atoms with Crippen LogP contribution in [0.3, 0.4) is 0 Å². The normalized spacial score (nSPS) is 16.7. The van der Waals surface area contributed by atoms with Crippen LogP contribution >= 0.6 is 0 Å². The lowest BCUT2D eigenvalue weighted by Crippen LogP contribution is -2.42. The lowest BCUT2D eigenvalue weighted by atomic mass is 10.0. The number of benzene rings is 2. The highest BCUT2D eigenvalue weighted by molar-refractivity contribution is 5.81. The first kappa shape index (κ1) is 11.7. The monoisotopic (exact) mass is 291 g/mol. The molecule has 0 atom stereocenters. The van der Waals surface area contributed by atoms with Gasteiger partial charge in [0.2, 0.25) is 6.79 Å². The molecule has 108 valence electrons. The van der Waals surface area contributed by atoms with E-state index in [1.807, 2.05) is 30.5 Å². The van der Waals surface area contributed by atoms with Crippen molar-refractivity contribution in [3.05, 3.63) is 51.2 Å². The molecule has 0 saturated carbocycles. The molecule has 0 radical (unpaired) electrons. The zero-order valence-corrected chi connectivity index (χ0v) is 11.7. The van der Waals surface area contributed by atoms with Gasteiger partial charge in [0.05, 0.1) is 0 Å². The minimum atomic E-state index is 0.282. The fourth-order valence-corrected chi connectivity index (χ4v) is 3.22. The predicted octanol–water partition coefficient (Wildman–Crippen LogP) is -0.442. The van der Waals surface area contributed by atoms with Crippen molar-refractivity contribution in [2.24, 2.45) is 0 Å². The van der Waals surface area contributed by atoms with Crippen molar-refractivity contribution in [3.63, 3.8) is 0 Å². The van der Waals surface area contributed by atoms with Gasteiger partial charge < -0.3 is 19.5 Å². The highest BCUT2D eigenvalue weighted by Crippen LogP contribution is 2.29. The van der Waals surface area contributed by atoms with Crippen molar-refractivity contribution in [1.29, 1.82) is 0 Å². The molecule has 1 N–H and O–H groups in total. The molecular formula is C18H13NO3. The van der Waals surface area contributed by atoms with Crippen LogP contribution in [0.2, 0.25) is 0 Å². The molecule has 2 aromatic carbocycles. The molecule has 4 nitrogen and oxygen atoms in total. The predicted molar refractivity (Wildman–Crippen MR) is 82.7 cm³/mol. The first-order valence-corrected chi connectivity index (χ1v) is 7.22. The van der Waals surface area contributed by atoms with E-state index in [1.165, 1.54) is 0 Å². The number of fused-ring (bicyclic) bond motifs is 4. The van der Waals surface area contributed by atoms with Gasteiger partial charge in [-0.2, -0.15) is 0 Å². The lowest BCUT2D eigenvalue weighted by Gasteiger charge is -2.26. The van der Waals surface area contributed by atoms with Crippen molar-refractivity contribution in [3.8, 4) is 17.2 Å². The van der Waals surface area contributed by atoms with Gasteiger partial charge in [-0.25, -0.2) is 0 Å². The van der Waals surface area contributed by atoms with Crippen molar-refractivity contribution in [1.82, 2.24) is 4.90 Å². The summed E-state index contributed by atoms with van der Waals surface area (Å²) in [6.07, 6.45) is 6.28. The summed E-state index contributed by atoms with van der Waals surface area (Å²) in [6.45, 7) is 1.05. The minimum Gasteiger partial charge on any atom is -0.507 e. The SMILES string of the molecule is Oc1cccc2c1=CN1CC=c3cc4c(cc3=C1C=2)OCO4. The largest absolute Gasteiger partial charge is 0.507 e. The summed E-state index contributed by atoms with van der Waals surface area (Å²) < 4.78 is 11.0. The Kier molecular flexibility index (Phi) is 2.17. The molecule has 5 rings (SSSR count). The highest BCUT2D eigenvalue weighted by Gasteiger charge is 2.18. The van der Waals surface area contributed by atoms with Crippen LogP contribution in [0.1, 0.15) is 0 Å². The van der Waals surface area contributed by atoms with Crippen LogP contribution in [0.15, 0.2) is 30.3 Å². The Balaban J connectivity index is 1.89. The summed E-state index contributed by atoms with van der Waals surface area (Å²) >= 11 is 0. The van der Waals surface area contributed by atoms with Gasteiger partial charge in [-0.1, -0.05) is 18.2 Å². The molecule has 0 spiro atoms. The molecular weight excluding hydrogens is 278 g/mol. The van der Waals surface area contributed by atoms with Crippen LogP contribution in [-0.4, -0.2) is 23.3 Å². The fraction of sp³-hybridized carbons (Fsp3) is 0.111. The van der Waals surface area contributed by atoms with Crippen LogP contribution < -0.4 is 30.3 Å². The molecule has 0 aliphatic carbocycles. The number of phenols is 1. The van der Waals surface area contributed by atoms with Crippen LogP contribution in [0.25, 0.3) is 24.0 Å². The molecule has 3 aliphatic rings. The summed E-state index contributed by atoms with van der Waals surface area (Å²) in [6, 6.07) is 9.67. The first-order chi connectivity index (χ1) is 10.8. The quantitative estimate of drug-likeness (QED) is 0.714. The smallest absolute Gasteiger partial charge is 0.231 e. The van der Waals surface area contributed by atoms with E-state index in [-0.39, 0.29) is 6.79 Å². The van der Waals surface area contributed by atoms with Crippen LogP contribution in [0.5, 0.6) is 17.2 Å². The van der Waals surface area contributed by atoms with E-state index in [0.717, 1.165) is 44.6 Å². The van der Waals surface area contributed by atoms with Gasteiger partial charge in [-0.3, -0.25) is 0 Å². The van der Waals surface area contributed by atoms with E-state index in [0.29, 0.717) is 5.75 Å². The Morgan fingerprint density at radius 1 is 1.05 bits per heavy atom. The minimum absolute atomic E-state index is 0.282. The van der Waals surface area contributed by atoms with E-state index < -0.39 is 0 Å². The van der Waals surface area contributed by atoms with E-state index in [2.05, 4.69) is 17.1 Å². The molecule has 0 fully saturated rings. The number of phenolic OH excluding ortho intramolecular Hbond substituents is 1. The maximum Gasteiger partial charge on any atom is 0.231 e. The zero-order valence-electron chi connectivity index (χ0n) is 11.7. The summed E-state index contributed by atoms with van der Waals surface area (Å²) in [5.41, 5.74) is 1.12. The number of rotatable bonds is 0. The second kappa shape index (κ2) is 4.07. The third-order valence-electron chi connectivity index (χ3n) is 4.33. The Morgan fingerprint density at radius 2 is 1.91 bits per heavy atom. The summed E-state index contributed by atoms with van der Waals surface area (Å²) in [5.74, 6) is 1.91. The number of ether oxygens (including phenoxy) is 2. The van der Waals surface area contributed by atoms with Gasteiger partial charge >= 0.3 is 0 Å². The number of hydrogen-bond donors (Lipinski definition) is 1. The molecule has 0 amide bonds. The average molecular weight is 291 g/mol. The molecule has 0 unspecified atom stereocenters. The molecule has 22 heavy (non-hydrogen) atoms. The van der Waals surface area contributed by atoms with Crippen molar-refractivity contribution >= 4 is 24.0 Å². The number of hydrogen-bond acceptors (Lipinski definition) is 4. The summed E-state index contributed by atoms with van der Waals surface area (Å²) in [7, 11) is 0. The molecule has 0 bridgehead atoms. The van der Waals surface area contributed by atoms with Gasteiger partial charge in [0.15, 0.2) is 11.5 Å². The second-order valence-corrected chi connectivity index (χ2v) is 5.59. The van der Waals surface area contributed by atoms with Gasteiger partial charge in [0.1, 0.15) is 5.75 Å². The molecule has 0 aromatic heterocycles. The third-order valence-corrected chi connectivity index (χ3v) is 4.33. The molecule has 3 aliphatic heterocycles. The fourth-order valence-electron chi connectivity index (χ4n) is 3.22. The van der Waals surface area contributed by atoms with Crippen molar-refractivity contribution in [2.45, 2.75) is 0 Å². The van der Waals surface area contributed by atoms with Crippen LogP contribution in [0, 0.1) is 0 Å². The van der Waals surface area contributed by atoms with Gasteiger partial charge in [0.25, 0.3) is 0 Å². The number of nitrogens with zero attached hydrogens (tertiary/aromatic N) is 1. The second-order valence-electron chi connectivity index (χ2n) is 5.59. The van der Waals surface area contributed by atoms with Crippen LogP contribution in [0.4, 0.5) is 0 Å². The van der Waals surface area contributed by atoms with E-state index in [4.69, 9.17) is 9.47 Å². The van der Waals surface area contributed by atoms with Gasteiger partial charge in [-0.05, 0) is 34.7 Å². The van der Waals surface area contributed by atoms with E-state index >= 15 is 0 Å². The number of aromatic hydroxyl groups is 1. The lowest BCUT2D eigenvalue weighted by molar-refractivity contribution is 0.174.